The highest BCUT2D eigenvalue weighted by molar-refractivity contribution is 5.43. The molecule has 6 heteroatoms. The van der Waals surface area contributed by atoms with Gasteiger partial charge in [0.2, 0.25) is 0 Å². The second-order valence-electron chi connectivity index (χ2n) is 4.96. The molecule has 2 rings (SSSR count). The normalized spacial score (nSPS) is 20.7. The molecule has 0 aromatic carbocycles. The maximum atomic E-state index is 12.8. The average Bonchev–Trinajstić information content (AvgIpc) is 2.37. The van der Waals surface area contributed by atoms with Crippen molar-refractivity contribution in [2.24, 2.45) is 5.92 Å². The molecule has 0 aliphatic carbocycles. The molecule has 1 aromatic heterocycles. The Labute approximate surface area is 110 Å². The number of aliphatic hydroxyl groups is 1. The number of anilines is 1. The van der Waals surface area contributed by atoms with Crippen LogP contribution in [-0.4, -0.2) is 29.4 Å². The van der Waals surface area contributed by atoms with Gasteiger partial charge in [-0.15, -0.1) is 0 Å². The van der Waals surface area contributed by atoms with E-state index in [9.17, 15) is 13.2 Å². The van der Waals surface area contributed by atoms with E-state index in [2.05, 4.69) is 4.98 Å². The smallest absolute Gasteiger partial charge is 0.392 e. The Balaban J connectivity index is 2.19. The highest BCUT2D eigenvalue weighted by Crippen LogP contribution is 2.34. The van der Waals surface area contributed by atoms with Crippen LogP contribution in [0.3, 0.4) is 0 Å². The lowest BCUT2D eigenvalue weighted by Crippen LogP contribution is -2.42. The molecule has 0 spiro atoms. The van der Waals surface area contributed by atoms with Crippen LogP contribution in [0.15, 0.2) is 12.1 Å². The molecule has 0 radical (unpaired) electrons. The van der Waals surface area contributed by atoms with Crippen molar-refractivity contribution in [3.63, 3.8) is 0 Å². The molecular formula is C13H17F3N2O. The minimum Gasteiger partial charge on any atom is -0.392 e. The van der Waals surface area contributed by atoms with Gasteiger partial charge in [-0.2, -0.15) is 13.2 Å². The van der Waals surface area contributed by atoms with Crippen molar-refractivity contribution >= 4 is 5.82 Å². The molecule has 2 heterocycles. The van der Waals surface area contributed by atoms with Crippen LogP contribution in [0.5, 0.6) is 0 Å². The van der Waals surface area contributed by atoms with Gasteiger partial charge < -0.3 is 10.0 Å². The predicted octanol–water partition coefficient (Wildman–Crippen LogP) is 2.66. The molecule has 1 N–H and O–H groups in total. The summed E-state index contributed by atoms with van der Waals surface area (Å²) < 4.78 is 38.3. The van der Waals surface area contributed by atoms with Crippen LogP contribution in [-0.2, 0) is 6.61 Å². The number of aromatic nitrogens is 1. The lowest BCUT2D eigenvalue weighted by Gasteiger charge is -2.34. The fourth-order valence-corrected chi connectivity index (χ4v) is 2.43. The Morgan fingerprint density at radius 2 is 2.16 bits per heavy atom. The van der Waals surface area contributed by atoms with Gasteiger partial charge in [-0.25, -0.2) is 4.98 Å². The fraction of sp³-hybridized carbons (Fsp3) is 0.615. The summed E-state index contributed by atoms with van der Waals surface area (Å²) in [5, 5.41) is 9.14. The zero-order valence-electron chi connectivity index (χ0n) is 10.7. The molecule has 1 aliphatic heterocycles. The van der Waals surface area contributed by atoms with E-state index in [-0.39, 0.29) is 19.6 Å². The number of nitrogens with zero attached hydrogens (tertiary/aromatic N) is 2. The monoisotopic (exact) mass is 274 g/mol. The zero-order valence-corrected chi connectivity index (χ0v) is 10.7. The van der Waals surface area contributed by atoms with E-state index in [0.29, 0.717) is 30.0 Å². The minimum absolute atomic E-state index is 0.0508. The molecule has 1 aromatic rings. The molecule has 1 saturated heterocycles. The molecule has 106 valence electrons. The van der Waals surface area contributed by atoms with Gasteiger partial charge in [-0.1, -0.05) is 0 Å². The predicted molar refractivity (Wildman–Crippen MR) is 65.9 cm³/mol. The van der Waals surface area contributed by atoms with Gasteiger partial charge in [-0.3, -0.25) is 0 Å². The Morgan fingerprint density at radius 3 is 2.79 bits per heavy atom. The Morgan fingerprint density at radius 1 is 1.42 bits per heavy atom. The van der Waals surface area contributed by atoms with Gasteiger partial charge in [0, 0.05) is 18.8 Å². The summed E-state index contributed by atoms with van der Waals surface area (Å²) in [5.41, 5.74) is 1.38. The summed E-state index contributed by atoms with van der Waals surface area (Å²) in [6.45, 7) is 2.17. The van der Waals surface area contributed by atoms with E-state index >= 15 is 0 Å². The minimum atomic E-state index is -4.15. The number of piperidine rings is 1. The molecule has 1 fully saturated rings. The standard InChI is InChI=1S/C13H17F3N2O/c1-9-5-10(8-19)6-12(17-9)18-4-2-3-11(7-18)13(14,15)16/h5-6,11,19H,2-4,7-8H2,1H3. The first kappa shape index (κ1) is 14.1. The van der Waals surface area contributed by atoms with Gasteiger partial charge in [-0.05, 0) is 37.5 Å². The van der Waals surface area contributed by atoms with Crippen molar-refractivity contribution in [1.29, 1.82) is 0 Å². The van der Waals surface area contributed by atoms with Gasteiger partial charge >= 0.3 is 6.18 Å². The fourth-order valence-electron chi connectivity index (χ4n) is 2.43. The number of hydrogen-bond donors (Lipinski definition) is 1. The van der Waals surface area contributed by atoms with Gasteiger partial charge in [0.25, 0.3) is 0 Å². The maximum absolute atomic E-state index is 12.8. The van der Waals surface area contributed by atoms with Crippen LogP contribution in [0.1, 0.15) is 24.1 Å². The third-order valence-electron chi connectivity index (χ3n) is 3.39. The van der Waals surface area contributed by atoms with Crippen molar-refractivity contribution in [2.75, 3.05) is 18.0 Å². The highest BCUT2D eigenvalue weighted by Gasteiger charge is 2.42. The molecule has 0 amide bonds. The summed E-state index contributed by atoms with van der Waals surface area (Å²) >= 11 is 0. The summed E-state index contributed by atoms with van der Waals surface area (Å²) in [6.07, 6.45) is -3.46. The second-order valence-corrected chi connectivity index (χ2v) is 4.96. The summed E-state index contributed by atoms with van der Waals surface area (Å²) in [7, 11) is 0. The van der Waals surface area contributed by atoms with Crippen LogP contribution in [0.4, 0.5) is 19.0 Å². The summed E-state index contributed by atoms with van der Waals surface area (Å²) in [4.78, 5) is 5.93. The summed E-state index contributed by atoms with van der Waals surface area (Å²) in [6, 6.07) is 3.39. The molecule has 19 heavy (non-hydrogen) atoms. The van der Waals surface area contributed by atoms with Crippen LogP contribution in [0, 0.1) is 12.8 Å². The van der Waals surface area contributed by atoms with Crippen molar-refractivity contribution in [2.45, 2.75) is 32.5 Å². The SMILES string of the molecule is Cc1cc(CO)cc(N2CCCC(C(F)(F)F)C2)n1. The number of aryl methyl sites for hydroxylation is 1. The van der Waals surface area contributed by atoms with Crippen LogP contribution < -0.4 is 4.90 Å². The number of alkyl halides is 3. The molecule has 1 aliphatic rings. The number of aliphatic hydroxyl groups excluding tert-OH is 1. The van der Waals surface area contributed by atoms with Gasteiger partial charge in [0.05, 0.1) is 12.5 Å². The van der Waals surface area contributed by atoms with Gasteiger partial charge in [0.15, 0.2) is 0 Å². The quantitative estimate of drug-likeness (QED) is 0.900. The van der Waals surface area contributed by atoms with E-state index in [0.717, 1.165) is 0 Å². The molecule has 1 unspecified atom stereocenters. The second kappa shape index (κ2) is 5.36. The number of pyridine rings is 1. The van der Waals surface area contributed by atoms with Gasteiger partial charge in [0.1, 0.15) is 5.82 Å². The van der Waals surface area contributed by atoms with Crippen LogP contribution >= 0.6 is 0 Å². The lowest BCUT2D eigenvalue weighted by atomic mass is 9.97. The first-order chi connectivity index (χ1) is 8.90. The van der Waals surface area contributed by atoms with Crippen molar-refractivity contribution < 1.29 is 18.3 Å². The Hall–Kier alpha value is -1.30. The van der Waals surface area contributed by atoms with Crippen LogP contribution in [0.25, 0.3) is 0 Å². The van der Waals surface area contributed by atoms with Crippen molar-refractivity contribution in [3.8, 4) is 0 Å². The summed E-state index contributed by atoms with van der Waals surface area (Å²) in [5.74, 6) is -0.765. The zero-order chi connectivity index (χ0) is 14.0. The average molecular weight is 274 g/mol. The van der Waals surface area contributed by atoms with Crippen molar-refractivity contribution in [3.05, 3.63) is 23.4 Å². The first-order valence-electron chi connectivity index (χ1n) is 6.30. The molecule has 1 atom stereocenters. The third-order valence-corrected chi connectivity index (χ3v) is 3.39. The molecule has 3 nitrogen and oxygen atoms in total. The number of rotatable bonds is 2. The Kier molecular flexibility index (Phi) is 3.99. The third kappa shape index (κ3) is 3.37. The van der Waals surface area contributed by atoms with Crippen molar-refractivity contribution in [1.82, 2.24) is 4.98 Å². The number of halogens is 3. The van der Waals surface area contributed by atoms with Crippen LogP contribution in [0.2, 0.25) is 0 Å². The molecular weight excluding hydrogens is 257 g/mol. The topological polar surface area (TPSA) is 36.4 Å². The maximum Gasteiger partial charge on any atom is 0.393 e. The Bertz CT molecular complexity index is 448. The van der Waals surface area contributed by atoms with E-state index in [1.807, 2.05) is 0 Å². The van der Waals surface area contributed by atoms with E-state index in [1.54, 1.807) is 24.0 Å². The van der Waals surface area contributed by atoms with E-state index < -0.39 is 12.1 Å². The first-order valence-corrected chi connectivity index (χ1v) is 6.30. The lowest BCUT2D eigenvalue weighted by molar-refractivity contribution is -0.176. The van der Waals surface area contributed by atoms with E-state index in [1.165, 1.54) is 0 Å². The highest BCUT2D eigenvalue weighted by atomic mass is 19.4. The molecule has 0 bridgehead atoms. The molecule has 0 saturated carbocycles. The largest absolute Gasteiger partial charge is 0.393 e. The van der Waals surface area contributed by atoms with E-state index in [4.69, 9.17) is 5.11 Å². The number of hydrogen-bond acceptors (Lipinski definition) is 3.